The van der Waals surface area contributed by atoms with E-state index in [1.54, 1.807) is 6.07 Å². The number of rotatable bonds is 4. The van der Waals surface area contributed by atoms with Crippen LogP contribution in [0, 0.1) is 6.92 Å². The molecule has 4 N–H and O–H groups in total. The summed E-state index contributed by atoms with van der Waals surface area (Å²) in [5, 5.41) is 41.7. The van der Waals surface area contributed by atoms with Crippen molar-refractivity contribution < 1.29 is 25.2 Å². The minimum absolute atomic E-state index is 0.468. The van der Waals surface area contributed by atoms with Crippen molar-refractivity contribution in [2.24, 2.45) is 0 Å². The van der Waals surface area contributed by atoms with Crippen LogP contribution in [0.5, 0.6) is 0 Å². The van der Waals surface area contributed by atoms with Crippen LogP contribution in [0.4, 0.5) is 0 Å². The van der Waals surface area contributed by atoms with Crippen molar-refractivity contribution >= 4 is 22.5 Å². The molecule has 1 fully saturated rings. The maximum atomic E-state index is 10.6. The number of fused-ring (bicyclic) bond motifs is 1. The number of aryl methyl sites for hydroxylation is 1. The van der Waals surface area contributed by atoms with E-state index in [9.17, 15) is 20.4 Å². The highest BCUT2D eigenvalue weighted by Gasteiger charge is 2.44. The Morgan fingerprint density at radius 2 is 1.72 bits per heavy atom. The van der Waals surface area contributed by atoms with Gasteiger partial charge < -0.3 is 29.7 Å². The van der Waals surface area contributed by atoms with Gasteiger partial charge in [-0.15, -0.1) is 0 Å². The van der Waals surface area contributed by atoms with Gasteiger partial charge in [-0.05, 0) is 18.6 Å². The van der Waals surface area contributed by atoms with E-state index >= 15 is 0 Å². The predicted molar refractivity (Wildman–Crippen MR) is 110 cm³/mol. The molecule has 0 amide bonds. The zero-order chi connectivity index (χ0) is 20.7. The molecule has 0 bridgehead atoms. The second-order valence-electron chi connectivity index (χ2n) is 7.58. The summed E-state index contributed by atoms with van der Waals surface area (Å²) in [6.07, 6.45) is -4.19. The Labute approximate surface area is 173 Å². The number of aliphatic hydroxyl groups excluding tert-OH is 4. The van der Waals surface area contributed by atoms with E-state index in [4.69, 9.17) is 16.3 Å². The number of hydrogen-bond acceptors (Lipinski definition) is 5. The lowest BCUT2D eigenvalue weighted by Gasteiger charge is -2.40. The number of ether oxygens (including phenoxy) is 1. The summed E-state index contributed by atoms with van der Waals surface area (Å²) in [7, 11) is 0. The monoisotopic (exact) mass is 417 g/mol. The largest absolute Gasteiger partial charge is 0.394 e. The Balaban J connectivity index is 1.79. The molecule has 0 unspecified atom stereocenters. The summed E-state index contributed by atoms with van der Waals surface area (Å²) in [6.45, 7) is 2.13. The van der Waals surface area contributed by atoms with Crippen LogP contribution in [0.1, 0.15) is 22.8 Å². The van der Waals surface area contributed by atoms with Crippen molar-refractivity contribution in [1.82, 2.24) is 4.57 Å². The molecular formula is C22H24ClNO5. The fourth-order valence-electron chi connectivity index (χ4n) is 3.94. The quantitative estimate of drug-likeness (QED) is 0.522. The molecule has 1 saturated heterocycles. The average Bonchev–Trinajstić information content (AvgIpc) is 3.08. The number of nitrogens with zero attached hydrogens (tertiary/aromatic N) is 1. The third kappa shape index (κ3) is 3.68. The molecule has 3 aromatic rings. The van der Waals surface area contributed by atoms with Gasteiger partial charge in [-0.3, -0.25) is 0 Å². The molecule has 5 atom stereocenters. The highest BCUT2D eigenvalue weighted by molar-refractivity contribution is 6.35. The lowest BCUT2D eigenvalue weighted by atomic mass is 9.91. The summed E-state index contributed by atoms with van der Waals surface area (Å²) in [5.41, 5.74) is 3.70. The molecule has 7 heteroatoms. The molecule has 0 spiro atoms. The first-order chi connectivity index (χ1) is 13.9. The first-order valence-electron chi connectivity index (χ1n) is 9.54. The minimum atomic E-state index is -1.43. The van der Waals surface area contributed by atoms with Gasteiger partial charge in [-0.25, -0.2) is 0 Å². The molecular weight excluding hydrogens is 394 g/mol. The van der Waals surface area contributed by atoms with Crippen molar-refractivity contribution in [2.75, 3.05) is 6.61 Å². The number of para-hydroxylation sites is 1. The van der Waals surface area contributed by atoms with Crippen LogP contribution in [0.15, 0.2) is 48.7 Å². The number of aromatic nitrogens is 1. The van der Waals surface area contributed by atoms with Gasteiger partial charge in [0.15, 0.2) is 0 Å². The SMILES string of the molecule is Cc1ccc(Cn2cc([C@@H]3O[C@H](CO)[C@@H](O)[C@H](O)[C@H]3O)c3cccc(Cl)c32)cc1. The molecule has 6 nitrogen and oxygen atoms in total. The molecule has 2 aromatic carbocycles. The molecule has 29 heavy (non-hydrogen) atoms. The topological polar surface area (TPSA) is 95.1 Å². The average molecular weight is 418 g/mol. The molecule has 2 heterocycles. The maximum Gasteiger partial charge on any atom is 0.114 e. The number of aliphatic hydroxyl groups is 4. The van der Waals surface area contributed by atoms with Gasteiger partial charge >= 0.3 is 0 Å². The molecule has 0 radical (unpaired) electrons. The third-order valence-electron chi connectivity index (χ3n) is 5.55. The highest BCUT2D eigenvalue weighted by Crippen LogP contribution is 2.39. The van der Waals surface area contributed by atoms with E-state index < -0.39 is 37.1 Å². The van der Waals surface area contributed by atoms with Gasteiger partial charge in [-0.1, -0.05) is 53.6 Å². The van der Waals surface area contributed by atoms with E-state index in [0.29, 0.717) is 17.1 Å². The van der Waals surface area contributed by atoms with Gasteiger partial charge in [0.1, 0.15) is 30.5 Å². The Morgan fingerprint density at radius 1 is 1.00 bits per heavy atom. The third-order valence-corrected chi connectivity index (χ3v) is 5.86. The second-order valence-corrected chi connectivity index (χ2v) is 7.99. The van der Waals surface area contributed by atoms with E-state index in [-0.39, 0.29) is 0 Å². The maximum absolute atomic E-state index is 10.6. The van der Waals surface area contributed by atoms with Crippen LogP contribution in [0.2, 0.25) is 5.02 Å². The first-order valence-corrected chi connectivity index (χ1v) is 9.92. The lowest BCUT2D eigenvalue weighted by molar-refractivity contribution is -0.231. The van der Waals surface area contributed by atoms with Crippen LogP contribution >= 0.6 is 11.6 Å². The lowest BCUT2D eigenvalue weighted by Crippen LogP contribution is -2.55. The first kappa shape index (κ1) is 20.3. The van der Waals surface area contributed by atoms with Crippen molar-refractivity contribution in [3.63, 3.8) is 0 Å². The van der Waals surface area contributed by atoms with Gasteiger partial charge in [-0.2, -0.15) is 0 Å². The number of hydrogen-bond donors (Lipinski definition) is 4. The van der Waals surface area contributed by atoms with Crippen LogP contribution in [0.25, 0.3) is 10.9 Å². The fourth-order valence-corrected chi connectivity index (χ4v) is 4.23. The zero-order valence-corrected chi connectivity index (χ0v) is 16.7. The highest BCUT2D eigenvalue weighted by atomic mass is 35.5. The van der Waals surface area contributed by atoms with Crippen molar-refractivity contribution in [3.8, 4) is 0 Å². The van der Waals surface area contributed by atoms with Gasteiger partial charge in [0.05, 0.1) is 17.1 Å². The molecule has 1 aromatic heterocycles. The van der Waals surface area contributed by atoms with E-state index in [0.717, 1.165) is 16.5 Å². The van der Waals surface area contributed by atoms with Crippen molar-refractivity contribution in [2.45, 2.75) is 44.0 Å². The summed E-state index contributed by atoms with van der Waals surface area (Å²) in [5.74, 6) is 0. The van der Waals surface area contributed by atoms with Crippen molar-refractivity contribution in [1.29, 1.82) is 0 Å². The Hall–Kier alpha value is -1.93. The zero-order valence-electron chi connectivity index (χ0n) is 15.9. The summed E-state index contributed by atoms with van der Waals surface area (Å²) >= 11 is 6.50. The van der Waals surface area contributed by atoms with Crippen LogP contribution in [-0.4, -0.2) is 56.0 Å². The molecule has 4 rings (SSSR count). The molecule has 1 aliphatic heterocycles. The Morgan fingerprint density at radius 3 is 2.41 bits per heavy atom. The normalized spacial score (nSPS) is 27.4. The summed E-state index contributed by atoms with van der Waals surface area (Å²) in [6, 6.07) is 13.7. The van der Waals surface area contributed by atoms with E-state index in [1.165, 1.54) is 5.56 Å². The van der Waals surface area contributed by atoms with Crippen LogP contribution in [-0.2, 0) is 11.3 Å². The molecule has 0 aliphatic carbocycles. The van der Waals surface area contributed by atoms with Crippen molar-refractivity contribution in [3.05, 3.63) is 70.4 Å². The number of benzene rings is 2. The molecule has 0 saturated carbocycles. The van der Waals surface area contributed by atoms with E-state index in [2.05, 4.69) is 0 Å². The van der Waals surface area contributed by atoms with Gasteiger partial charge in [0.25, 0.3) is 0 Å². The number of halogens is 1. The Bertz CT molecular complexity index is 1000. The Kier molecular flexibility index (Phi) is 5.66. The van der Waals surface area contributed by atoms with Gasteiger partial charge in [0.2, 0.25) is 0 Å². The van der Waals surface area contributed by atoms with Gasteiger partial charge in [0, 0.05) is 23.7 Å². The predicted octanol–water partition coefficient (Wildman–Crippen LogP) is 2.17. The van der Waals surface area contributed by atoms with Crippen LogP contribution in [0.3, 0.4) is 0 Å². The summed E-state index contributed by atoms with van der Waals surface area (Å²) < 4.78 is 7.76. The standard InChI is InChI=1S/C22H24ClNO5/c1-12-5-7-13(8-6-12)9-24-10-15(14-3-2-4-16(23)18(14)24)22-21(28)20(27)19(26)17(11-25)29-22/h2-8,10,17,19-22,25-28H,9,11H2,1H3/t17-,19-,20+,21-,22+/m1/s1. The fraction of sp³-hybridized carbons (Fsp3) is 0.364. The second kappa shape index (κ2) is 8.07. The van der Waals surface area contributed by atoms with Crippen LogP contribution < -0.4 is 0 Å². The smallest absolute Gasteiger partial charge is 0.114 e. The molecule has 1 aliphatic rings. The molecule has 154 valence electrons. The van der Waals surface area contributed by atoms with E-state index in [1.807, 2.05) is 54.1 Å². The minimum Gasteiger partial charge on any atom is -0.394 e. The summed E-state index contributed by atoms with van der Waals surface area (Å²) in [4.78, 5) is 0.